The van der Waals surface area contributed by atoms with E-state index in [2.05, 4.69) is 46.7 Å². The molecule has 0 saturated carbocycles. The fraction of sp³-hybridized carbons (Fsp3) is 0.185. The van der Waals surface area contributed by atoms with Gasteiger partial charge in [-0.25, -0.2) is 0 Å². The first-order valence-electron chi connectivity index (χ1n) is 11.3. The van der Waals surface area contributed by atoms with Gasteiger partial charge in [0.25, 0.3) is 5.91 Å². The van der Waals surface area contributed by atoms with Crippen molar-refractivity contribution in [2.24, 2.45) is 10.1 Å². The molecule has 0 radical (unpaired) electrons. The van der Waals surface area contributed by atoms with Gasteiger partial charge in [-0.3, -0.25) is 10.2 Å². The minimum atomic E-state index is -0.440. The second-order valence-electron chi connectivity index (χ2n) is 8.55. The van der Waals surface area contributed by atoms with Crippen LogP contribution in [0.5, 0.6) is 5.75 Å². The molecule has 2 aliphatic rings. The molecule has 2 aromatic carbocycles. The van der Waals surface area contributed by atoms with Crippen LogP contribution in [0, 0.1) is 33.1 Å². The summed E-state index contributed by atoms with van der Waals surface area (Å²) in [5.74, 6) is 0.303. The molecule has 2 aliphatic heterocycles. The van der Waals surface area contributed by atoms with Gasteiger partial charge in [-0.2, -0.15) is 15.1 Å². The summed E-state index contributed by atoms with van der Waals surface area (Å²) < 4.78 is 7.92. The van der Waals surface area contributed by atoms with Gasteiger partial charge in [-0.15, -0.1) is 0 Å². The van der Waals surface area contributed by atoms with E-state index in [0.29, 0.717) is 10.2 Å². The number of para-hydroxylation sites is 1. The molecule has 0 saturated heterocycles. The molecule has 5 rings (SSSR count). The number of nitrogens with one attached hydrogen (secondary N) is 1. The Balaban J connectivity index is 1.41. The number of hydrogen-bond donors (Lipinski definition) is 1. The van der Waals surface area contributed by atoms with E-state index in [4.69, 9.17) is 10.1 Å². The number of rotatable bonds is 5. The molecule has 8 heteroatoms. The first-order valence-corrected chi connectivity index (χ1v) is 12.1. The fourth-order valence-corrected chi connectivity index (χ4v) is 4.90. The molecule has 35 heavy (non-hydrogen) atoms. The summed E-state index contributed by atoms with van der Waals surface area (Å²) in [6.07, 6.45) is 1.74. The average molecular weight is 484 g/mol. The van der Waals surface area contributed by atoms with Crippen LogP contribution < -0.4 is 4.74 Å². The number of amides is 1. The SMILES string of the molecule is Cc1ccc(-n2c(C)cc(C=C3C(=N)N4N=C(COc5ccccc5)SC4=NC3=O)c2C)cc1C. The van der Waals surface area contributed by atoms with E-state index in [-0.39, 0.29) is 18.0 Å². The number of hydrogen-bond acceptors (Lipinski definition) is 5. The number of ether oxygens (including phenoxy) is 1. The summed E-state index contributed by atoms with van der Waals surface area (Å²) in [6, 6.07) is 17.8. The monoisotopic (exact) mass is 483 g/mol. The summed E-state index contributed by atoms with van der Waals surface area (Å²) in [5, 5.41) is 15.6. The van der Waals surface area contributed by atoms with Gasteiger partial charge in [0.1, 0.15) is 17.4 Å². The maximum Gasteiger partial charge on any atom is 0.283 e. The number of carbonyl (C=O) groups is 1. The largest absolute Gasteiger partial charge is 0.487 e. The zero-order valence-corrected chi connectivity index (χ0v) is 20.8. The topological polar surface area (TPSA) is 83.0 Å². The molecule has 3 heterocycles. The lowest BCUT2D eigenvalue weighted by molar-refractivity contribution is -0.114. The smallest absolute Gasteiger partial charge is 0.283 e. The molecular formula is C27H25N5O2S. The van der Waals surface area contributed by atoms with Gasteiger partial charge in [0.2, 0.25) is 5.17 Å². The van der Waals surface area contributed by atoms with Gasteiger partial charge in [0, 0.05) is 17.1 Å². The van der Waals surface area contributed by atoms with Crippen LogP contribution in [-0.2, 0) is 4.79 Å². The number of carbonyl (C=O) groups excluding carboxylic acids is 1. The molecule has 3 aromatic rings. The number of thioether (sulfide) groups is 1. The summed E-state index contributed by atoms with van der Waals surface area (Å²) >= 11 is 1.25. The van der Waals surface area contributed by atoms with Gasteiger partial charge < -0.3 is 9.30 Å². The van der Waals surface area contributed by atoms with Crippen molar-refractivity contribution in [1.29, 1.82) is 5.41 Å². The molecule has 7 nitrogen and oxygen atoms in total. The van der Waals surface area contributed by atoms with Crippen LogP contribution in [0.15, 0.2) is 70.3 Å². The Bertz CT molecular complexity index is 1450. The van der Waals surface area contributed by atoms with Crippen molar-refractivity contribution in [3.05, 3.63) is 88.2 Å². The maximum atomic E-state index is 12.9. The summed E-state index contributed by atoms with van der Waals surface area (Å²) in [4.78, 5) is 17.1. The van der Waals surface area contributed by atoms with Gasteiger partial charge in [0.15, 0.2) is 5.84 Å². The number of fused-ring (bicyclic) bond motifs is 1. The lowest BCUT2D eigenvalue weighted by atomic mass is 10.1. The number of amidine groups is 2. The number of hydrazone groups is 1. The van der Waals surface area contributed by atoms with E-state index in [1.165, 1.54) is 27.9 Å². The number of benzene rings is 2. The highest BCUT2D eigenvalue weighted by molar-refractivity contribution is 8.27. The second kappa shape index (κ2) is 9.03. The first-order chi connectivity index (χ1) is 16.8. The Morgan fingerprint density at radius 1 is 1.03 bits per heavy atom. The normalized spacial score (nSPS) is 16.5. The minimum absolute atomic E-state index is 0.0122. The van der Waals surface area contributed by atoms with Gasteiger partial charge >= 0.3 is 0 Å². The van der Waals surface area contributed by atoms with E-state index < -0.39 is 5.91 Å². The summed E-state index contributed by atoms with van der Waals surface area (Å²) in [5.41, 5.74) is 6.65. The highest BCUT2D eigenvalue weighted by Crippen LogP contribution is 2.30. The van der Waals surface area contributed by atoms with Crippen LogP contribution in [0.1, 0.15) is 28.1 Å². The van der Waals surface area contributed by atoms with Crippen molar-refractivity contribution in [3.8, 4) is 11.4 Å². The number of aromatic nitrogens is 1. The van der Waals surface area contributed by atoms with Crippen molar-refractivity contribution in [3.63, 3.8) is 0 Å². The van der Waals surface area contributed by atoms with Crippen molar-refractivity contribution < 1.29 is 9.53 Å². The molecular weight excluding hydrogens is 458 g/mol. The molecule has 0 bridgehead atoms. The van der Waals surface area contributed by atoms with Crippen molar-refractivity contribution in [2.75, 3.05) is 6.61 Å². The van der Waals surface area contributed by atoms with E-state index >= 15 is 0 Å². The van der Waals surface area contributed by atoms with Gasteiger partial charge in [-0.1, -0.05) is 24.3 Å². The third-order valence-electron chi connectivity index (χ3n) is 6.12. The third-order valence-corrected chi connectivity index (χ3v) is 7.00. The van der Waals surface area contributed by atoms with Crippen LogP contribution in [0.3, 0.4) is 0 Å². The molecule has 1 aromatic heterocycles. The molecule has 1 amide bonds. The van der Waals surface area contributed by atoms with Crippen molar-refractivity contribution >= 4 is 39.8 Å². The van der Waals surface area contributed by atoms with Crippen LogP contribution in [-0.4, -0.2) is 38.1 Å². The highest BCUT2D eigenvalue weighted by atomic mass is 32.2. The Hall–Kier alpha value is -3.91. The highest BCUT2D eigenvalue weighted by Gasteiger charge is 2.36. The molecule has 0 atom stereocenters. The molecule has 176 valence electrons. The summed E-state index contributed by atoms with van der Waals surface area (Å²) in [7, 11) is 0. The van der Waals surface area contributed by atoms with Crippen LogP contribution >= 0.6 is 11.8 Å². The Kier molecular flexibility index (Phi) is 5.90. The van der Waals surface area contributed by atoms with Crippen molar-refractivity contribution in [1.82, 2.24) is 9.58 Å². The molecule has 0 aliphatic carbocycles. The number of aryl methyl sites for hydroxylation is 3. The molecule has 0 spiro atoms. The number of aliphatic imine (C=N–C) groups is 1. The van der Waals surface area contributed by atoms with Gasteiger partial charge in [0.05, 0.1) is 5.57 Å². The standard InChI is InChI=1S/C27H25N5O2S/c1-16-10-11-21(12-17(16)2)31-18(3)13-20(19(31)4)14-23-25(28)32-27(29-26(23)33)35-24(30-32)15-34-22-8-6-5-7-9-22/h5-14,28H,15H2,1-4H3. The predicted octanol–water partition coefficient (Wildman–Crippen LogP) is 5.41. The quantitative estimate of drug-likeness (QED) is 0.492. The van der Waals surface area contributed by atoms with Crippen LogP contribution in [0.4, 0.5) is 0 Å². The van der Waals surface area contributed by atoms with Crippen LogP contribution in [0.25, 0.3) is 11.8 Å². The van der Waals surface area contributed by atoms with Gasteiger partial charge in [-0.05, 0) is 92.6 Å². The first kappa shape index (κ1) is 22.9. The number of nitrogens with zero attached hydrogens (tertiary/aromatic N) is 4. The van der Waals surface area contributed by atoms with Crippen molar-refractivity contribution in [2.45, 2.75) is 27.7 Å². The average Bonchev–Trinajstić information content (AvgIpc) is 3.37. The predicted molar refractivity (Wildman–Crippen MR) is 142 cm³/mol. The lowest BCUT2D eigenvalue weighted by Crippen LogP contribution is -2.35. The van der Waals surface area contributed by atoms with E-state index in [1.54, 1.807) is 6.08 Å². The molecule has 0 fully saturated rings. The Labute approximate surface area is 208 Å². The zero-order valence-electron chi connectivity index (χ0n) is 20.0. The maximum absolute atomic E-state index is 12.9. The van der Waals surface area contributed by atoms with Crippen LogP contribution in [0.2, 0.25) is 0 Å². The molecule has 0 unspecified atom stereocenters. The third kappa shape index (κ3) is 4.33. The van der Waals surface area contributed by atoms with E-state index in [0.717, 1.165) is 28.4 Å². The van der Waals surface area contributed by atoms with E-state index in [1.807, 2.05) is 50.2 Å². The fourth-order valence-electron chi connectivity index (χ4n) is 4.10. The second-order valence-corrected chi connectivity index (χ2v) is 9.59. The Morgan fingerprint density at radius 2 is 1.80 bits per heavy atom. The minimum Gasteiger partial charge on any atom is -0.487 e. The summed E-state index contributed by atoms with van der Waals surface area (Å²) in [6.45, 7) is 8.48. The molecule has 1 N–H and O–H groups in total. The lowest BCUT2D eigenvalue weighted by Gasteiger charge is -2.20. The Morgan fingerprint density at radius 3 is 2.54 bits per heavy atom. The van der Waals surface area contributed by atoms with E-state index in [9.17, 15) is 4.79 Å². The zero-order chi connectivity index (χ0) is 24.7.